The van der Waals surface area contributed by atoms with Crippen molar-refractivity contribution >= 4 is 17.7 Å². The van der Waals surface area contributed by atoms with Crippen LogP contribution in [0.4, 0.5) is 0 Å². The van der Waals surface area contributed by atoms with Crippen LogP contribution in [0.15, 0.2) is 29.2 Å². The van der Waals surface area contributed by atoms with Crippen molar-refractivity contribution in [3.05, 3.63) is 29.8 Å². The van der Waals surface area contributed by atoms with Crippen LogP contribution in [-0.2, 0) is 9.53 Å². The van der Waals surface area contributed by atoms with Crippen molar-refractivity contribution in [2.45, 2.75) is 23.5 Å². The van der Waals surface area contributed by atoms with E-state index in [0.29, 0.717) is 13.2 Å². The molecule has 0 aliphatic carbocycles. The van der Waals surface area contributed by atoms with Crippen LogP contribution in [0.2, 0.25) is 0 Å². The van der Waals surface area contributed by atoms with Gasteiger partial charge >= 0.3 is 0 Å². The molecule has 2 atom stereocenters. The number of rotatable bonds is 3. The molecule has 0 saturated carbocycles. The van der Waals surface area contributed by atoms with Gasteiger partial charge in [0.2, 0.25) is 5.91 Å². The molecule has 1 aromatic rings. The van der Waals surface area contributed by atoms with E-state index in [0.717, 1.165) is 18.6 Å². The van der Waals surface area contributed by atoms with Crippen molar-refractivity contribution in [2.75, 3.05) is 26.0 Å². The first-order valence-corrected chi connectivity index (χ1v) is 7.78. The largest absolute Gasteiger partial charge is 0.379 e. The maximum atomic E-state index is 12.1. The van der Waals surface area contributed by atoms with Crippen molar-refractivity contribution in [1.82, 2.24) is 10.2 Å². The maximum Gasteiger partial charge on any atom is 0.238 e. The lowest BCUT2D eigenvalue weighted by Gasteiger charge is -2.29. The lowest BCUT2D eigenvalue weighted by Crippen LogP contribution is -2.40. The van der Waals surface area contributed by atoms with Gasteiger partial charge < -0.3 is 9.64 Å². The van der Waals surface area contributed by atoms with E-state index < -0.39 is 0 Å². The van der Waals surface area contributed by atoms with Gasteiger partial charge in [-0.05, 0) is 30.4 Å². The molecule has 0 bridgehead atoms. The highest BCUT2D eigenvalue weighted by Crippen LogP contribution is 2.29. The van der Waals surface area contributed by atoms with Crippen LogP contribution in [0, 0.1) is 0 Å². The molecule has 2 unspecified atom stereocenters. The number of amides is 1. The molecule has 1 amide bonds. The zero-order chi connectivity index (χ0) is 13.2. The Morgan fingerprint density at radius 1 is 1.37 bits per heavy atom. The molecule has 1 N–H and O–H groups in total. The monoisotopic (exact) mass is 278 g/mol. The van der Waals surface area contributed by atoms with E-state index in [2.05, 4.69) is 35.8 Å². The summed E-state index contributed by atoms with van der Waals surface area (Å²) in [4.78, 5) is 15.3. The molecule has 4 nitrogen and oxygen atoms in total. The first-order chi connectivity index (χ1) is 9.29. The molecule has 5 heteroatoms. The summed E-state index contributed by atoms with van der Waals surface area (Å²) in [5, 5.41) is 3.30. The van der Waals surface area contributed by atoms with Gasteiger partial charge in [-0.25, -0.2) is 0 Å². The van der Waals surface area contributed by atoms with E-state index in [1.165, 1.54) is 4.90 Å². The summed E-state index contributed by atoms with van der Waals surface area (Å²) in [6.45, 7) is 1.84. The molecular weight excluding hydrogens is 260 g/mol. The van der Waals surface area contributed by atoms with Crippen LogP contribution in [0.3, 0.4) is 0 Å². The number of benzene rings is 1. The molecular formula is C14H18N2O2S. The van der Waals surface area contributed by atoms with Crippen molar-refractivity contribution in [3.8, 4) is 0 Å². The molecule has 2 aliphatic heterocycles. The SMILES string of the molecule is CSc1ccc(C2NCC(=O)N2C2CCOC2)cc1. The van der Waals surface area contributed by atoms with Crippen LogP contribution in [-0.4, -0.2) is 42.9 Å². The summed E-state index contributed by atoms with van der Waals surface area (Å²) in [7, 11) is 0. The summed E-state index contributed by atoms with van der Waals surface area (Å²) >= 11 is 1.73. The highest BCUT2D eigenvalue weighted by molar-refractivity contribution is 7.98. The number of nitrogens with one attached hydrogen (secondary N) is 1. The first kappa shape index (κ1) is 13.0. The number of nitrogens with zero attached hydrogens (tertiary/aromatic N) is 1. The first-order valence-electron chi connectivity index (χ1n) is 6.56. The molecule has 102 valence electrons. The third-order valence-corrected chi connectivity index (χ3v) is 4.49. The maximum absolute atomic E-state index is 12.1. The van der Waals surface area contributed by atoms with Gasteiger partial charge in [0.1, 0.15) is 6.17 Å². The Morgan fingerprint density at radius 3 is 2.79 bits per heavy atom. The van der Waals surface area contributed by atoms with E-state index >= 15 is 0 Å². The van der Waals surface area contributed by atoms with Gasteiger partial charge in [-0.2, -0.15) is 0 Å². The molecule has 2 aliphatic rings. The Labute approximate surface area is 117 Å². The van der Waals surface area contributed by atoms with Gasteiger partial charge in [-0.1, -0.05) is 12.1 Å². The number of thioether (sulfide) groups is 1. The fourth-order valence-corrected chi connectivity index (χ4v) is 3.15. The van der Waals surface area contributed by atoms with E-state index in [9.17, 15) is 4.79 Å². The van der Waals surface area contributed by atoms with Crippen molar-refractivity contribution in [1.29, 1.82) is 0 Å². The molecule has 2 fully saturated rings. The van der Waals surface area contributed by atoms with Crippen LogP contribution < -0.4 is 5.32 Å². The van der Waals surface area contributed by atoms with Gasteiger partial charge in [-0.3, -0.25) is 10.1 Å². The Bertz CT molecular complexity index is 457. The zero-order valence-electron chi connectivity index (χ0n) is 11.0. The van der Waals surface area contributed by atoms with Crippen molar-refractivity contribution < 1.29 is 9.53 Å². The molecule has 19 heavy (non-hydrogen) atoms. The van der Waals surface area contributed by atoms with Crippen LogP contribution in [0.1, 0.15) is 18.2 Å². The van der Waals surface area contributed by atoms with Crippen LogP contribution >= 0.6 is 11.8 Å². The minimum atomic E-state index is -0.00453. The second-order valence-corrected chi connectivity index (χ2v) is 5.75. The topological polar surface area (TPSA) is 41.6 Å². The summed E-state index contributed by atoms with van der Waals surface area (Å²) in [6, 6.07) is 8.63. The molecule has 2 heterocycles. The van der Waals surface area contributed by atoms with Gasteiger partial charge in [0.25, 0.3) is 0 Å². The number of carbonyl (C=O) groups excluding carboxylic acids is 1. The molecule has 0 aromatic heterocycles. The van der Waals surface area contributed by atoms with E-state index in [-0.39, 0.29) is 18.1 Å². The Balaban J connectivity index is 1.83. The third-order valence-electron chi connectivity index (χ3n) is 3.74. The Kier molecular flexibility index (Phi) is 3.77. The Hall–Kier alpha value is -1.04. The number of hydrogen-bond acceptors (Lipinski definition) is 4. The Morgan fingerprint density at radius 2 is 2.16 bits per heavy atom. The predicted molar refractivity (Wildman–Crippen MR) is 75.0 cm³/mol. The summed E-state index contributed by atoms with van der Waals surface area (Å²) < 4.78 is 5.41. The van der Waals surface area contributed by atoms with E-state index in [4.69, 9.17) is 4.74 Å². The lowest BCUT2D eigenvalue weighted by atomic mass is 10.1. The molecule has 3 rings (SSSR count). The molecule has 2 saturated heterocycles. The standard InChI is InChI=1S/C14H18N2O2S/c1-19-12-4-2-10(3-5-12)14-15-8-13(17)16(14)11-6-7-18-9-11/h2-5,11,14-15H,6-9H2,1H3. The van der Waals surface area contributed by atoms with Gasteiger partial charge in [-0.15, -0.1) is 11.8 Å². The van der Waals surface area contributed by atoms with Crippen molar-refractivity contribution in [3.63, 3.8) is 0 Å². The van der Waals surface area contributed by atoms with E-state index in [1.807, 2.05) is 4.90 Å². The second-order valence-electron chi connectivity index (χ2n) is 4.88. The average molecular weight is 278 g/mol. The number of carbonyl (C=O) groups is 1. The van der Waals surface area contributed by atoms with Gasteiger partial charge in [0.15, 0.2) is 0 Å². The summed E-state index contributed by atoms with van der Waals surface area (Å²) in [5.74, 6) is 0.175. The molecule has 0 radical (unpaired) electrons. The van der Waals surface area contributed by atoms with Gasteiger partial charge in [0.05, 0.1) is 19.2 Å². The minimum absolute atomic E-state index is 0.00453. The van der Waals surface area contributed by atoms with Gasteiger partial charge in [0, 0.05) is 11.5 Å². The second kappa shape index (κ2) is 5.53. The molecule has 0 spiro atoms. The normalized spacial score (nSPS) is 27.2. The minimum Gasteiger partial charge on any atom is -0.379 e. The third kappa shape index (κ3) is 2.50. The van der Waals surface area contributed by atoms with Crippen LogP contribution in [0.5, 0.6) is 0 Å². The quantitative estimate of drug-likeness (QED) is 0.853. The highest BCUT2D eigenvalue weighted by atomic mass is 32.2. The lowest BCUT2D eigenvalue weighted by molar-refractivity contribution is -0.130. The predicted octanol–water partition coefficient (Wildman–Crippen LogP) is 1.63. The van der Waals surface area contributed by atoms with Crippen molar-refractivity contribution in [2.24, 2.45) is 0 Å². The highest BCUT2D eigenvalue weighted by Gasteiger charge is 2.38. The van der Waals surface area contributed by atoms with E-state index in [1.54, 1.807) is 11.8 Å². The fraction of sp³-hybridized carbons (Fsp3) is 0.500. The fourth-order valence-electron chi connectivity index (χ4n) is 2.74. The summed E-state index contributed by atoms with van der Waals surface area (Å²) in [6.07, 6.45) is 3.00. The summed E-state index contributed by atoms with van der Waals surface area (Å²) in [5.41, 5.74) is 1.15. The number of hydrogen-bond donors (Lipinski definition) is 1. The average Bonchev–Trinajstić information content (AvgIpc) is 3.08. The zero-order valence-corrected chi connectivity index (χ0v) is 11.8. The van der Waals surface area contributed by atoms with Crippen LogP contribution in [0.25, 0.3) is 0 Å². The number of ether oxygens (including phenoxy) is 1. The molecule has 1 aromatic carbocycles. The smallest absolute Gasteiger partial charge is 0.238 e.